The molecule has 0 fully saturated rings. The molecule has 0 aliphatic rings. The summed E-state index contributed by atoms with van der Waals surface area (Å²) in [6.07, 6.45) is 3.62. The summed E-state index contributed by atoms with van der Waals surface area (Å²) in [5.41, 5.74) is 11.8. The molecule has 13 heteroatoms. The van der Waals surface area contributed by atoms with E-state index in [0.29, 0.717) is 18.4 Å². The van der Waals surface area contributed by atoms with Gasteiger partial charge in [0.15, 0.2) is 15.8 Å². The van der Waals surface area contributed by atoms with Gasteiger partial charge in [0.05, 0.1) is 0 Å². The van der Waals surface area contributed by atoms with Gasteiger partial charge in [0, 0.05) is 23.7 Å². The number of ether oxygens (including phenoxy) is 1. The largest absolute Gasteiger partial charge is 0.455 e. The van der Waals surface area contributed by atoms with E-state index in [1.54, 1.807) is 18.3 Å². The van der Waals surface area contributed by atoms with E-state index in [9.17, 15) is 21.6 Å². The van der Waals surface area contributed by atoms with Crippen LogP contribution in [0, 0.1) is 0 Å². The highest BCUT2D eigenvalue weighted by Crippen LogP contribution is 2.34. The van der Waals surface area contributed by atoms with Crippen LogP contribution in [0.4, 0.5) is 0 Å². The normalized spacial score (nSPS) is 11.6. The van der Waals surface area contributed by atoms with Crippen LogP contribution in [-0.4, -0.2) is 39.9 Å². The molecule has 0 atom stereocenters. The summed E-state index contributed by atoms with van der Waals surface area (Å²) in [6, 6.07) is 13.4. The molecule has 0 spiro atoms. The van der Waals surface area contributed by atoms with Crippen LogP contribution in [0.3, 0.4) is 0 Å². The number of hydrogen-bond donors (Lipinski definition) is 3. The maximum absolute atomic E-state index is 12.4. The number of primary sulfonamides is 1. The summed E-state index contributed by atoms with van der Waals surface area (Å²) in [5.74, 6) is -1.73. The van der Waals surface area contributed by atoms with Crippen molar-refractivity contribution in [2.45, 2.75) is 22.6 Å². The summed E-state index contributed by atoms with van der Waals surface area (Å²) in [4.78, 5) is 19.0. The zero-order valence-electron chi connectivity index (χ0n) is 18.6. The van der Waals surface area contributed by atoms with Gasteiger partial charge in [-0.1, -0.05) is 12.1 Å². The van der Waals surface area contributed by atoms with Crippen LogP contribution in [0.15, 0.2) is 75.6 Å². The van der Waals surface area contributed by atoms with Gasteiger partial charge in [-0.05, 0) is 60.9 Å². The highest BCUT2D eigenvalue weighted by Gasteiger charge is 2.22. The number of pyridine rings is 1. The van der Waals surface area contributed by atoms with Crippen molar-refractivity contribution in [3.63, 3.8) is 0 Å². The van der Waals surface area contributed by atoms with Crippen molar-refractivity contribution in [2.24, 2.45) is 21.6 Å². The molecule has 2 aromatic carbocycles. The number of amides is 1. The van der Waals surface area contributed by atoms with Crippen LogP contribution in [0.2, 0.25) is 0 Å². The Bertz CT molecular complexity index is 1500. The molecule has 0 saturated carbocycles. The molecule has 1 heterocycles. The molecular formula is C22H23N5O6S2. The van der Waals surface area contributed by atoms with Crippen molar-refractivity contribution in [2.75, 3.05) is 6.26 Å². The number of rotatable bonds is 8. The number of guanidine groups is 1. The lowest BCUT2D eigenvalue weighted by atomic mass is 10.1. The molecule has 1 aromatic heterocycles. The standard InChI is InChI=1S/C22H23N5O6S2/c1-34(29,30)19-13-15(21(28)27-22(23)24)7-10-17(19)33-18-9-6-14(12-20(18)35(25,31)32)5-8-16-4-2-3-11-26-16/h2-4,6-7,9-13H,5,8H2,1H3,(H2,25,31,32)(H4,23,24,27,28). The Morgan fingerprint density at radius 3 is 2.23 bits per heavy atom. The minimum Gasteiger partial charge on any atom is -0.455 e. The minimum atomic E-state index is -4.23. The molecule has 0 bridgehead atoms. The van der Waals surface area contributed by atoms with Gasteiger partial charge in [-0.3, -0.25) is 9.78 Å². The number of aromatic nitrogens is 1. The van der Waals surface area contributed by atoms with E-state index in [4.69, 9.17) is 21.3 Å². The topological polar surface area (TPSA) is 198 Å². The summed E-state index contributed by atoms with van der Waals surface area (Å²) in [6.45, 7) is 0. The summed E-state index contributed by atoms with van der Waals surface area (Å²) >= 11 is 0. The number of nitrogens with two attached hydrogens (primary N) is 3. The van der Waals surface area contributed by atoms with E-state index in [1.807, 2.05) is 12.1 Å². The number of benzene rings is 2. The Morgan fingerprint density at radius 2 is 1.63 bits per heavy atom. The third-order valence-electron chi connectivity index (χ3n) is 4.75. The molecule has 6 N–H and O–H groups in total. The van der Waals surface area contributed by atoms with Gasteiger partial charge in [0.2, 0.25) is 10.0 Å². The lowest BCUT2D eigenvalue weighted by Crippen LogP contribution is -2.24. The van der Waals surface area contributed by atoms with E-state index in [-0.39, 0.29) is 26.9 Å². The molecule has 0 radical (unpaired) electrons. The van der Waals surface area contributed by atoms with E-state index in [0.717, 1.165) is 18.0 Å². The zero-order chi connectivity index (χ0) is 25.8. The maximum Gasteiger partial charge on any atom is 0.280 e. The van der Waals surface area contributed by atoms with Gasteiger partial charge < -0.3 is 16.2 Å². The first kappa shape index (κ1) is 25.8. The monoisotopic (exact) mass is 517 g/mol. The lowest BCUT2D eigenvalue weighted by Gasteiger charge is -2.14. The zero-order valence-corrected chi connectivity index (χ0v) is 20.2. The Kier molecular flexibility index (Phi) is 7.53. The van der Waals surface area contributed by atoms with E-state index < -0.39 is 31.7 Å². The summed E-state index contributed by atoms with van der Waals surface area (Å²) in [7, 11) is -8.14. The van der Waals surface area contributed by atoms with Crippen LogP contribution in [0.5, 0.6) is 11.5 Å². The van der Waals surface area contributed by atoms with Crippen molar-refractivity contribution >= 4 is 31.7 Å². The predicted molar refractivity (Wildman–Crippen MR) is 129 cm³/mol. The Hall–Kier alpha value is -3.81. The number of aliphatic imine (C=N–C) groups is 1. The summed E-state index contributed by atoms with van der Waals surface area (Å²) in [5, 5.41) is 5.40. The first-order valence-electron chi connectivity index (χ1n) is 10.1. The number of aryl methyl sites for hydroxylation is 2. The first-order chi connectivity index (χ1) is 16.3. The van der Waals surface area contributed by atoms with E-state index in [1.165, 1.54) is 24.3 Å². The van der Waals surface area contributed by atoms with Gasteiger partial charge in [-0.2, -0.15) is 4.99 Å². The second kappa shape index (κ2) is 10.2. The molecule has 11 nitrogen and oxygen atoms in total. The molecule has 0 aliphatic heterocycles. The van der Waals surface area contributed by atoms with Gasteiger partial charge in [-0.25, -0.2) is 22.0 Å². The smallest absolute Gasteiger partial charge is 0.280 e. The van der Waals surface area contributed by atoms with Gasteiger partial charge in [0.1, 0.15) is 21.3 Å². The number of sulfonamides is 1. The molecule has 0 saturated heterocycles. The fraction of sp³-hybridized carbons (Fsp3) is 0.136. The highest BCUT2D eigenvalue weighted by molar-refractivity contribution is 7.90. The first-order valence-corrected chi connectivity index (χ1v) is 13.5. The number of hydrogen-bond acceptors (Lipinski definition) is 7. The van der Waals surface area contributed by atoms with Crippen LogP contribution >= 0.6 is 0 Å². The number of carbonyl (C=O) groups excluding carboxylic acids is 1. The second-order valence-corrected chi connectivity index (χ2v) is 11.0. The quantitative estimate of drug-likeness (QED) is 0.289. The van der Waals surface area contributed by atoms with Crippen molar-refractivity contribution < 1.29 is 26.4 Å². The van der Waals surface area contributed by atoms with E-state index in [2.05, 4.69) is 9.98 Å². The van der Waals surface area contributed by atoms with Crippen LogP contribution in [0.25, 0.3) is 0 Å². The van der Waals surface area contributed by atoms with Crippen molar-refractivity contribution in [1.82, 2.24) is 4.98 Å². The molecular weight excluding hydrogens is 494 g/mol. The molecule has 1 amide bonds. The second-order valence-electron chi connectivity index (χ2n) is 7.52. The van der Waals surface area contributed by atoms with Gasteiger partial charge in [0.25, 0.3) is 5.91 Å². The fourth-order valence-electron chi connectivity index (χ4n) is 3.15. The van der Waals surface area contributed by atoms with Crippen molar-refractivity contribution in [3.8, 4) is 11.5 Å². The minimum absolute atomic E-state index is 0.109. The third-order valence-corrected chi connectivity index (χ3v) is 6.80. The number of nitrogens with zero attached hydrogens (tertiary/aromatic N) is 2. The Morgan fingerprint density at radius 1 is 0.943 bits per heavy atom. The van der Waals surface area contributed by atoms with E-state index >= 15 is 0 Å². The average molecular weight is 518 g/mol. The Labute approximate surface area is 202 Å². The third kappa shape index (κ3) is 6.85. The maximum atomic E-state index is 12.4. The van der Waals surface area contributed by atoms with Crippen LogP contribution < -0.4 is 21.3 Å². The molecule has 3 rings (SSSR count). The van der Waals surface area contributed by atoms with Gasteiger partial charge >= 0.3 is 0 Å². The molecule has 35 heavy (non-hydrogen) atoms. The SMILES string of the molecule is CS(=O)(=O)c1cc(C(=O)N=C(N)N)ccc1Oc1ccc(CCc2ccccn2)cc1S(N)(=O)=O. The Balaban J connectivity index is 1.99. The molecule has 3 aromatic rings. The van der Waals surface area contributed by atoms with Gasteiger partial charge in [-0.15, -0.1) is 0 Å². The molecule has 0 unspecified atom stereocenters. The van der Waals surface area contributed by atoms with Crippen LogP contribution in [-0.2, 0) is 32.7 Å². The van der Waals surface area contributed by atoms with Crippen molar-refractivity contribution in [3.05, 3.63) is 77.6 Å². The lowest BCUT2D eigenvalue weighted by molar-refractivity contribution is 0.100. The van der Waals surface area contributed by atoms with Crippen molar-refractivity contribution in [1.29, 1.82) is 0 Å². The summed E-state index contributed by atoms with van der Waals surface area (Å²) < 4.78 is 55.0. The molecule has 0 aliphatic carbocycles. The molecule has 184 valence electrons. The number of carbonyl (C=O) groups is 1. The average Bonchev–Trinajstić information content (AvgIpc) is 2.77. The fourth-order valence-corrected chi connectivity index (χ4v) is 4.67. The predicted octanol–water partition coefficient (Wildman–Crippen LogP) is 1.12. The van der Waals surface area contributed by atoms with Crippen LogP contribution in [0.1, 0.15) is 21.6 Å². The highest BCUT2D eigenvalue weighted by atomic mass is 32.2. The number of sulfone groups is 1.